The minimum atomic E-state index is -4.29. The van der Waals surface area contributed by atoms with Gasteiger partial charge in [-0.1, -0.05) is 41.6 Å². The molecule has 0 radical (unpaired) electrons. The molecule has 0 unspecified atom stereocenters. The summed E-state index contributed by atoms with van der Waals surface area (Å²) < 4.78 is 59.8. The Bertz CT molecular complexity index is 1520. The molecule has 4 saturated carbocycles. The maximum Gasteiger partial charge on any atom is 0.391 e. The van der Waals surface area contributed by atoms with E-state index in [1.807, 2.05) is 48.5 Å². The van der Waals surface area contributed by atoms with Crippen molar-refractivity contribution in [1.29, 1.82) is 0 Å². The summed E-state index contributed by atoms with van der Waals surface area (Å²) in [4.78, 5) is 20.2. The van der Waals surface area contributed by atoms with Crippen LogP contribution in [-0.2, 0) is 21.5 Å². The first-order valence-corrected chi connectivity index (χ1v) is 15.8. The second-order valence-corrected chi connectivity index (χ2v) is 14.7. The van der Waals surface area contributed by atoms with Crippen molar-refractivity contribution in [2.24, 2.45) is 17.3 Å². The number of halogens is 4. The van der Waals surface area contributed by atoms with Crippen LogP contribution in [0.3, 0.4) is 0 Å². The predicted molar refractivity (Wildman–Crippen MR) is 162 cm³/mol. The molecule has 45 heavy (non-hydrogen) atoms. The van der Waals surface area contributed by atoms with Gasteiger partial charge in [0.2, 0.25) is 5.91 Å². The fourth-order valence-corrected chi connectivity index (χ4v) is 7.38. The third-order valence-electron chi connectivity index (χ3n) is 10.6. The van der Waals surface area contributed by atoms with E-state index in [0.29, 0.717) is 18.1 Å². The highest BCUT2D eigenvalue weighted by molar-refractivity contribution is 5.96. The zero-order valence-corrected chi connectivity index (χ0v) is 26.3. The van der Waals surface area contributed by atoms with Gasteiger partial charge in [0.15, 0.2) is 11.5 Å². The average Bonchev–Trinajstić information content (AvgIpc) is 3.48. The highest BCUT2D eigenvalue weighted by atomic mass is 19.4. The first kappa shape index (κ1) is 31.7. The van der Waals surface area contributed by atoms with Crippen molar-refractivity contribution in [3.8, 4) is 11.1 Å². The molecule has 0 spiro atoms. The molecule has 4 aliphatic carbocycles. The van der Waals surface area contributed by atoms with Crippen molar-refractivity contribution >= 4 is 11.6 Å². The molecule has 2 bridgehead atoms. The van der Waals surface area contributed by atoms with Gasteiger partial charge in [0.05, 0.1) is 11.5 Å². The number of hydrogen-bond acceptors (Lipinski definition) is 5. The van der Waals surface area contributed by atoms with Gasteiger partial charge in [-0.05, 0) is 113 Å². The van der Waals surface area contributed by atoms with Crippen LogP contribution in [-0.4, -0.2) is 33.9 Å². The first-order chi connectivity index (χ1) is 21.0. The number of alkyl halides is 4. The van der Waals surface area contributed by atoms with Crippen LogP contribution < -0.4 is 4.90 Å². The summed E-state index contributed by atoms with van der Waals surface area (Å²) in [5.41, 5.74) is 0.0344. The molecule has 0 aliphatic heterocycles. The van der Waals surface area contributed by atoms with Crippen LogP contribution in [0, 0.1) is 17.3 Å². The maximum absolute atomic E-state index is 14.5. The van der Waals surface area contributed by atoms with Gasteiger partial charge in [-0.15, -0.1) is 0 Å². The SMILES string of the molecule is CC(C)(O)c1ccc(-c2cccc(N(CC34CCC(c5noc(C(C)(C)F)n5)(CC3)CC4)C(=O)C3CC(C(F)(F)F)C3)c2)cc1. The van der Waals surface area contributed by atoms with Gasteiger partial charge >= 0.3 is 6.18 Å². The number of fused-ring (bicyclic) bond motifs is 3. The minimum absolute atomic E-state index is 0.0293. The van der Waals surface area contributed by atoms with E-state index in [1.165, 1.54) is 13.8 Å². The smallest absolute Gasteiger partial charge is 0.386 e. The number of anilines is 1. The highest BCUT2D eigenvalue weighted by Gasteiger charge is 2.54. The Labute approximate surface area is 261 Å². The van der Waals surface area contributed by atoms with Gasteiger partial charge < -0.3 is 14.5 Å². The largest absolute Gasteiger partial charge is 0.391 e. The van der Waals surface area contributed by atoms with Crippen LogP contribution in [0.1, 0.15) is 96.3 Å². The number of nitrogens with zero attached hydrogens (tertiary/aromatic N) is 3. The quantitative estimate of drug-likeness (QED) is 0.254. The fourth-order valence-electron chi connectivity index (χ4n) is 7.38. The summed E-state index contributed by atoms with van der Waals surface area (Å²) in [7, 11) is 0. The minimum Gasteiger partial charge on any atom is -0.386 e. The number of aliphatic hydroxyl groups is 1. The van der Waals surface area contributed by atoms with Crippen LogP contribution in [0.2, 0.25) is 0 Å². The van der Waals surface area contributed by atoms with Crippen molar-refractivity contribution in [1.82, 2.24) is 10.1 Å². The van der Waals surface area contributed by atoms with Gasteiger partial charge in [-0.3, -0.25) is 4.79 Å². The van der Waals surface area contributed by atoms with Gasteiger partial charge in [-0.25, -0.2) is 4.39 Å². The van der Waals surface area contributed by atoms with Gasteiger partial charge in [0, 0.05) is 23.6 Å². The molecular formula is C35H41F4N3O3. The second kappa shape index (κ2) is 10.9. The first-order valence-electron chi connectivity index (χ1n) is 15.8. The summed E-state index contributed by atoms with van der Waals surface area (Å²) in [5.74, 6) is -1.85. The van der Waals surface area contributed by atoms with Crippen molar-refractivity contribution in [2.75, 3.05) is 11.4 Å². The normalized spacial score (nSPS) is 26.9. The molecule has 3 aromatic rings. The van der Waals surface area contributed by atoms with Crippen LogP contribution in [0.25, 0.3) is 11.1 Å². The number of carbonyl (C=O) groups excluding carboxylic acids is 1. The summed E-state index contributed by atoms with van der Waals surface area (Å²) >= 11 is 0. The molecule has 1 heterocycles. The maximum atomic E-state index is 14.5. The summed E-state index contributed by atoms with van der Waals surface area (Å²) in [6.07, 6.45) is 0.0543. The Balaban J connectivity index is 1.26. The van der Waals surface area contributed by atoms with E-state index in [2.05, 4.69) is 10.1 Å². The van der Waals surface area contributed by atoms with E-state index in [9.17, 15) is 27.5 Å². The lowest BCUT2D eigenvalue weighted by molar-refractivity contribution is -0.204. The van der Waals surface area contributed by atoms with E-state index < -0.39 is 29.3 Å². The lowest BCUT2D eigenvalue weighted by atomic mass is 9.53. The third-order valence-corrected chi connectivity index (χ3v) is 10.6. The zero-order chi connectivity index (χ0) is 32.4. The fraction of sp³-hybridized carbons (Fsp3) is 0.571. The third kappa shape index (κ3) is 6.14. The van der Waals surface area contributed by atoms with Gasteiger partial charge in [0.1, 0.15) is 0 Å². The standard InChI is InChI=1S/C35H41F4N3O3/c1-31(2,36)30-40-29(41-45-30)34-15-12-33(13-16-34,14-17-34)21-42(28(43)24-18-26(19-24)35(37,38)39)27-7-5-6-23(20-27)22-8-10-25(11-9-22)32(3,4)44/h5-11,20,24,26,44H,12-19,21H2,1-4H3. The monoisotopic (exact) mass is 627 g/mol. The van der Waals surface area contributed by atoms with E-state index >= 15 is 0 Å². The number of rotatable bonds is 8. The molecule has 4 fully saturated rings. The lowest BCUT2D eigenvalue weighted by Crippen LogP contribution is -2.53. The van der Waals surface area contributed by atoms with Crippen LogP contribution >= 0.6 is 0 Å². The van der Waals surface area contributed by atoms with Gasteiger partial charge in [0.25, 0.3) is 5.89 Å². The summed E-state index contributed by atoms with van der Waals surface area (Å²) in [5, 5.41) is 14.5. The van der Waals surface area contributed by atoms with Crippen molar-refractivity contribution < 1.29 is 32.0 Å². The molecule has 1 amide bonds. The molecular weight excluding hydrogens is 586 g/mol. The average molecular weight is 628 g/mol. The van der Waals surface area contributed by atoms with Gasteiger partial charge in [-0.2, -0.15) is 18.2 Å². The number of amides is 1. The van der Waals surface area contributed by atoms with E-state index in [-0.39, 0.29) is 35.5 Å². The summed E-state index contributed by atoms with van der Waals surface area (Å²) in [6.45, 7) is 6.64. The molecule has 0 atom stereocenters. The van der Waals surface area contributed by atoms with Crippen LogP contribution in [0.4, 0.5) is 23.2 Å². The zero-order valence-electron chi connectivity index (χ0n) is 26.3. The highest BCUT2D eigenvalue weighted by Crippen LogP contribution is 2.58. The predicted octanol–water partition coefficient (Wildman–Crippen LogP) is 8.38. The van der Waals surface area contributed by atoms with Crippen LogP contribution in [0.5, 0.6) is 0 Å². The molecule has 10 heteroatoms. The van der Waals surface area contributed by atoms with E-state index in [1.54, 1.807) is 18.7 Å². The van der Waals surface area contributed by atoms with Crippen molar-refractivity contribution in [3.63, 3.8) is 0 Å². The molecule has 1 aromatic heterocycles. The molecule has 242 valence electrons. The molecule has 0 saturated heterocycles. The van der Waals surface area contributed by atoms with Crippen LogP contribution in [0.15, 0.2) is 53.1 Å². The van der Waals surface area contributed by atoms with Crippen molar-refractivity contribution in [3.05, 3.63) is 65.8 Å². The lowest BCUT2D eigenvalue weighted by Gasteiger charge is -2.53. The van der Waals surface area contributed by atoms with E-state index in [0.717, 1.165) is 55.2 Å². The van der Waals surface area contributed by atoms with Crippen molar-refractivity contribution in [2.45, 2.75) is 102 Å². The Morgan fingerprint density at radius 3 is 2.09 bits per heavy atom. The number of aromatic nitrogens is 2. The Kier molecular flexibility index (Phi) is 7.69. The number of benzene rings is 2. The Hall–Kier alpha value is -3.27. The molecule has 1 N–H and O–H groups in total. The number of carbonyl (C=O) groups is 1. The Morgan fingerprint density at radius 2 is 1.56 bits per heavy atom. The molecule has 2 aromatic carbocycles. The second-order valence-electron chi connectivity index (χ2n) is 14.7. The Morgan fingerprint density at radius 1 is 0.933 bits per heavy atom. The summed E-state index contributed by atoms with van der Waals surface area (Å²) in [6, 6.07) is 15.2. The molecule has 7 rings (SSSR count). The molecule has 4 aliphatic rings. The topological polar surface area (TPSA) is 79.5 Å². The van der Waals surface area contributed by atoms with E-state index in [4.69, 9.17) is 4.52 Å². The molecule has 6 nitrogen and oxygen atoms in total. The number of hydrogen-bond donors (Lipinski definition) is 1.